The number of hydrogen-bond donors (Lipinski definition) is 1. The van der Waals surface area contributed by atoms with Crippen molar-refractivity contribution >= 4 is 17.4 Å². The molecule has 0 saturated heterocycles. The first-order valence-corrected chi connectivity index (χ1v) is 11.2. The van der Waals surface area contributed by atoms with Crippen molar-refractivity contribution in [1.82, 2.24) is 4.90 Å². The third kappa shape index (κ3) is 5.31. The fraction of sp³-hybridized carbons (Fsp3) is 0.269. The quantitative estimate of drug-likeness (QED) is 0.351. The van der Waals surface area contributed by atoms with Crippen molar-refractivity contribution < 1.29 is 14.5 Å². The van der Waals surface area contributed by atoms with Crippen LogP contribution in [0.15, 0.2) is 72.8 Å². The molecule has 1 aliphatic carbocycles. The van der Waals surface area contributed by atoms with Gasteiger partial charge in [-0.25, -0.2) is 4.79 Å². The molecular weight excluding hydrogens is 418 g/mol. The first-order valence-electron chi connectivity index (χ1n) is 11.2. The van der Waals surface area contributed by atoms with E-state index in [1.165, 1.54) is 23.3 Å². The van der Waals surface area contributed by atoms with E-state index in [0.29, 0.717) is 18.8 Å². The molecule has 1 unspecified atom stereocenters. The summed E-state index contributed by atoms with van der Waals surface area (Å²) < 4.78 is 5.54. The zero-order valence-electron chi connectivity index (χ0n) is 18.6. The molecule has 3 aromatic rings. The molecule has 7 heteroatoms. The number of nitrogens with one attached hydrogen (secondary N) is 1. The Labute approximate surface area is 193 Å². The molecule has 170 valence electrons. The average molecular weight is 446 g/mol. The van der Waals surface area contributed by atoms with Gasteiger partial charge in [-0.3, -0.25) is 10.1 Å². The number of carbonyl (C=O) groups excluding carboxylic acids is 1. The second-order valence-electron chi connectivity index (χ2n) is 8.05. The number of carbonyl (C=O) groups is 1. The van der Waals surface area contributed by atoms with E-state index in [0.717, 1.165) is 30.6 Å². The van der Waals surface area contributed by atoms with E-state index in [4.69, 9.17) is 4.74 Å². The van der Waals surface area contributed by atoms with Gasteiger partial charge < -0.3 is 15.0 Å². The Morgan fingerprint density at radius 3 is 2.52 bits per heavy atom. The van der Waals surface area contributed by atoms with Crippen molar-refractivity contribution in [3.63, 3.8) is 0 Å². The lowest BCUT2D eigenvalue weighted by Crippen LogP contribution is -2.39. The van der Waals surface area contributed by atoms with Crippen LogP contribution in [0.3, 0.4) is 0 Å². The van der Waals surface area contributed by atoms with Gasteiger partial charge in [0.1, 0.15) is 5.75 Å². The molecule has 0 heterocycles. The minimum Gasteiger partial charge on any atom is -0.494 e. The Hall–Kier alpha value is -3.87. The van der Waals surface area contributed by atoms with E-state index in [9.17, 15) is 14.9 Å². The molecule has 4 rings (SSSR count). The van der Waals surface area contributed by atoms with Crippen molar-refractivity contribution in [2.45, 2.75) is 38.8 Å². The third-order valence-corrected chi connectivity index (χ3v) is 5.89. The van der Waals surface area contributed by atoms with Crippen LogP contribution < -0.4 is 10.1 Å². The standard InChI is InChI=1S/C26H27N3O4/c1-2-33-23-16-10-19(11-17-23)18-28(25-9-5-7-20-6-3-4-8-24(20)25)26(30)27-21-12-14-22(15-13-21)29(31)32/h3-4,6,8,10-17,25H,2,5,7,9,18H2,1H3,(H,27,30). The number of hydrogen-bond acceptors (Lipinski definition) is 4. The highest BCUT2D eigenvalue weighted by atomic mass is 16.6. The summed E-state index contributed by atoms with van der Waals surface area (Å²) in [7, 11) is 0. The van der Waals surface area contributed by atoms with Crippen molar-refractivity contribution in [2.75, 3.05) is 11.9 Å². The van der Waals surface area contributed by atoms with Crippen molar-refractivity contribution in [3.8, 4) is 5.75 Å². The number of anilines is 1. The van der Waals surface area contributed by atoms with Crippen molar-refractivity contribution in [2.24, 2.45) is 0 Å². The largest absolute Gasteiger partial charge is 0.494 e. The number of nitrogens with zero attached hydrogens (tertiary/aromatic N) is 2. The Morgan fingerprint density at radius 1 is 1.09 bits per heavy atom. The van der Waals surface area contributed by atoms with E-state index in [2.05, 4.69) is 17.4 Å². The Kier molecular flexibility index (Phi) is 6.88. The number of urea groups is 1. The van der Waals surface area contributed by atoms with Crippen LogP contribution in [0.25, 0.3) is 0 Å². The van der Waals surface area contributed by atoms with Gasteiger partial charge in [-0.05, 0) is 67.1 Å². The summed E-state index contributed by atoms with van der Waals surface area (Å²) in [6.07, 6.45) is 2.89. The number of amides is 2. The van der Waals surface area contributed by atoms with Crippen LogP contribution in [0.2, 0.25) is 0 Å². The summed E-state index contributed by atoms with van der Waals surface area (Å²) in [6, 6.07) is 21.7. The summed E-state index contributed by atoms with van der Waals surface area (Å²) in [6.45, 7) is 2.98. The van der Waals surface area contributed by atoms with E-state index < -0.39 is 4.92 Å². The molecule has 2 amide bonds. The fourth-order valence-corrected chi connectivity index (χ4v) is 4.29. The number of ether oxygens (including phenoxy) is 1. The van der Waals surface area contributed by atoms with Gasteiger partial charge in [0, 0.05) is 24.4 Å². The molecule has 33 heavy (non-hydrogen) atoms. The molecule has 0 aromatic heterocycles. The molecule has 3 aromatic carbocycles. The molecule has 0 bridgehead atoms. The van der Waals surface area contributed by atoms with Crippen LogP contribution in [-0.4, -0.2) is 22.5 Å². The van der Waals surface area contributed by atoms with E-state index in [-0.39, 0.29) is 17.8 Å². The maximum absolute atomic E-state index is 13.5. The summed E-state index contributed by atoms with van der Waals surface area (Å²) >= 11 is 0. The smallest absolute Gasteiger partial charge is 0.322 e. The predicted octanol–water partition coefficient (Wildman–Crippen LogP) is 6.11. The van der Waals surface area contributed by atoms with Crippen LogP contribution in [0.5, 0.6) is 5.75 Å². The van der Waals surface area contributed by atoms with Crippen LogP contribution in [0.1, 0.15) is 42.5 Å². The summed E-state index contributed by atoms with van der Waals surface area (Å²) in [5.41, 5.74) is 3.95. The van der Waals surface area contributed by atoms with Crippen LogP contribution in [-0.2, 0) is 13.0 Å². The summed E-state index contributed by atoms with van der Waals surface area (Å²) in [4.78, 5) is 25.8. The lowest BCUT2D eigenvalue weighted by Gasteiger charge is -2.36. The second kappa shape index (κ2) is 10.2. The van der Waals surface area contributed by atoms with E-state index >= 15 is 0 Å². The maximum atomic E-state index is 13.5. The predicted molar refractivity (Wildman–Crippen MR) is 127 cm³/mol. The molecule has 0 aliphatic heterocycles. The number of aryl methyl sites for hydroxylation is 1. The first-order chi connectivity index (χ1) is 16.0. The molecule has 7 nitrogen and oxygen atoms in total. The van der Waals surface area contributed by atoms with Crippen LogP contribution >= 0.6 is 0 Å². The Balaban J connectivity index is 1.60. The highest BCUT2D eigenvalue weighted by molar-refractivity contribution is 5.89. The highest BCUT2D eigenvalue weighted by Crippen LogP contribution is 2.35. The molecule has 0 radical (unpaired) electrons. The molecule has 0 fully saturated rings. The van der Waals surface area contributed by atoms with Gasteiger partial charge in [0.25, 0.3) is 5.69 Å². The Bertz CT molecular complexity index is 1110. The number of fused-ring (bicyclic) bond motifs is 1. The minimum absolute atomic E-state index is 0.0135. The summed E-state index contributed by atoms with van der Waals surface area (Å²) in [5, 5.41) is 13.9. The maximum Gasteiger partial charge on any atom is 0.322 e. The molecule has 1 N–H and O–H groups in total. The fourth-order valence-electron chi connectivity index (χ4n) is 4.29. The number of benzene rings is 3. The molecular formula is C26H27N3O4. The monoisotopic (exact) mass is 445 g/mol. The van der Waals surface area contributed by atoms with Gasteiger partial charge in [-0.15, -0.1) is 0 Å². The number of non-ortho nitro benzene ring substituents is 1. The van der Waals surface area contributed by atoms with Crippen molar-refractivity contribution in [1.29, 1.82) is 0 Å². The SMILES string of the molecule is CCOc1ccc(CN(C(=O)Nc2ccc([N+](=O)[O-])cc2)C2CCCc3ccccc32)cc1. The van der Waals surface area contributed by atoms with Gasteiger partial charge >= 0.3 is 6.03 Å². The second-order valence-corrected chi connectivity index (χ2v) is 8.05. The van der Waals surface area contributed by atoms with E-state index in [1.54, 1.807) is 12.1 Å². The summed E-state index contributed by atoms with van der Waals surface area (Å²) in [5.74, 6) is 0.797. The average Bonchev–Trinajstić information content (AvgIpc) is 2.84. The topological polar surface area (TPSA) is 84.7 Å². The zero-order chi connectivity index (χ0) is 23.2. The van der Waals surface area contributed by atoms with Crippen LogP contribution in [0, 0.1) is 10.1 Å². The molecule has 1 atom stereocenters. The number of rotatable bonds is 7. The van der Waals surface area contributed by atoms with Gasteiger partial charge in [0.05, 0.1) is 17.6 Å². The lowest BCUT2D eigenvalue weighted by atomic mass is 9.86. The number of nitro groups is 1. The van der Waals surface area contributed by atoms with E-state index in [1.807, 2.05) is 48.2 Å². The Morgan fingerprint density at radius 2 is 1.82 bits per heavy atom. The molecule has 0 spiro atoms. The van der Waals surface area contributed by atoms with Gasteiger partial charge in [0.2, 0.25) is 0 Å². The number of nitro benzene ring substituents is 1. The van der Waals surface area contributed by atoms with Gasteiger partial charge in [0.15, 0.2) is 0 Å². The lowest BCUT2D eigenvalue weighted by molar-refractivity contribution is -0.384. The highest BCUT2D eigenvalue weighted by Gasteiger charge is 2.29. The first kappa shape index (κ1) is 22.3. The molecule has 1 aliphatic rings. The van der Waals surface area contributed by atoms with Gasteiger partial charge in [-0.2, -0.15) is 0 Å². The zero-order valence-corrected chi connectivity index (χ0v) is 18.6. The minimum atomic E-state index is -0.456. The van der Waals surface area contributed by atoms with Crippen LogP contribution in [0.4, 0.5) is 16.2 Å². The third-order valence-electron chi connectivity index (χ3n) is 5.89. The normalized spacial score (nSPS) is 14.8. The molecule has 0 saturated carbocycles. The van der Waals surface area contributed by atoms with Crippen molar-refractivity contribution in [3.05, 3.63) is 99.6 Å². The van der Waals surface area contributed by atoms with Gasteiger partial charge in [-0.1, -0.05) is 36.4 Å².